The number of rotatable bonds is 2. The average Bonchev–Trinajstić information content (AvgIpc) is 2.15. The van der Waals surface area contributed by atoms with Crippen molar-refractivity contribution in [3.8, 4) is 5.88 Å². The van der Waals surface area contributed by atoms with Gasteiger partial charge in [-0.3, -0.25) is 0 Å². The number of halogens is 4. The van der Waals surface area contributed by atoms with Gasteiger partial charge in [0.1, 0.15) is 5.56 Å². The number of aromatic carboxylic acids is 1. The average molecular weight is 273 g/mol. The Hall–Kier alpha value is -1.70. The van der Waals surface area contributed by atoms with E-state index in [1.165, 1.54) is 0 Å². The number of hydrogen-bond donors (Lipinski definition) is 2. The minimum Gasteiger partial charge on any atom is -0.481 e. The molecule has 0 atom stereocenters. The van der Waals surface area contributed by atoms with Crippen molar-refractivity contribution in [2.24, 2.45) is 0 Å². The molecule has 1 heterocycles. The third kappa shape index (κ3) is 3.13. The molecule has 17 heavy (non-hydrogen) atoms. The SMILES string of the molecule is COc1nc(C(=O)O)c(N)cc1C(F)(F)F.Cl. The molecule has 0 aliphatic carbocycles. The number of nitrogen functional groups attached to an aromatic ring is 1. The first-order chi connectivity index (χ1) is 7.27. The van der Waals surface area contributed by atoms with E-state index in [0.717, 1.165) is 7.11 Å². The van der Waals surface area contributed by atoms with Crippen LogP contribution in [0.4, 0.5) is 18.9 Å². The van der Waals surface area contributed by atoms with E-state index < -0.39 is 35.0 Å². The van der Waals surface area contributed by atoms with Crippen molar-refractivity contribution in [3.05, 3.63) is 17.3 Å². The Morgan fingerprint density at radius 2 is 2.06 bits per heavy atom. The van der Waals surface area contributed by atoms with Gasteiger partial charge in [0.15, 0.2) is 5.69 Å². The van der Waals surface area contributed by atoms with Crippen LogP contribution in [0.5, 0.6) is 5.88 Å². The molecule has 0 spiro atoms. The van der Waals surface area contributed by atoms with Gasteiger partial charge in [-0.2, -0.15) is 13.2 Å². The predicted octanol–water partition coefficient (Wildman–Crippen LogP) is 1.81. The quantitative estimate of drug-likeness (QED) is 0.857. The van der Waals surface area contributed by atoms with Gasteiger partial charge in [-0.15, -0.1) is 12.4 Å². The van der Waals surface area contributed by atoms with Gasteiger partial charge >= 0.3 is 12.1 Å². The van der Waals surface area contributed by atoms with Gasteiger partial charge in [0.05, 0.1) is 12.8 Å². The second kappa shape index (κ2) is 5.09. The van der Waals surface area contributed by atoms with E-state index in [-0.39, 0.29) is 12.4 Å². The zero-order valence-electron chi connectivity index (χ0n) is 8.41. The third-order valence-corrected chi connectivity index (χ3v) is 1.72. The summed E-state index contributed by atoms with van der Waals surface area (Å²) < 4.78 is 41.6. The smallest absolute Gasteiger partial charge is 0.421 e. The van der Waals surface area contributed by atoms with Crippen LogP contribution in [0.15, 0.2) is 6.07 Å². The zero-order valence-corrected chi connectivity index (χ0v) is 9.22. The highest BCUT2D eigenvalue weighted by Crippen LogP contribution is 2.36. The Bertz CT molecular complexity index is 437. The molecular weight excluding hydrogens is 265 g/mol. The van der Waals surface area contributed by atoms with Crippen molar-refractivity contribution in [3.63, 3.8) is 0 Å². The van der Waals surface area contributed by atoms with Crippen molar-refractivity contribution < 1.29 is 27.8 Å². The summed E-state index contributed by atoms with van der Waals surface area (Å²) >= 11 is 0. The Morgan fingerprint density at radius 1 is 1.53 bits per heavy atom. The number of carbonyl (C=O) groups is 1. The van der Waals surface area contributed by atoms with Crippen molar-refractivity contribution in [1.82, 2.24) is 4.98 Å². The lowest BCUT2D eigenvalue weighted by molar-refractivity contribution is -0.139. The van der Waals surface area contributed by atoms with E-state index in [0.29, 0.717) is 6.07 Å². The number of hydrogen-bond acceptors (Lipinski definition) is 4. The number of anilines is 1. The standard InChI is InChI=1S/C8H7F3N2O3.ClH/c1-16-6-3(8(9,10)11)2-4(12)5(13-6)7(14)15;/h2H,12H2,1H3,(H,14,15);1H. The molecule has 3 N–H and O–H groups in total. The van der Waals surface area contributed by atoms with E-state index in [2.05, 4.69) is 9.72 Å². The zero-order chi connectivity index (χ0) is 12.5. The summed E-state index contributed by atoms with van der Waals surface area (Å²) in [5.74, 6) is -2.34. The molecule has 0 unspecified atom stereocenters. The number of nitrogens with two attached hydrogens (primary N) is 1. The molecule has 5 nitrogen and oxygen atoms in total. The lowest BCUT2D eigenvalue weighted by atomic mass is 10.2. The van der Waals surface area contributed by atoms with Crippen LogP contribution in [0, 0.1) is 0 Å². The first kappa shape index (κ1) is 15.3. The van der Waals surface area contributed by atoms with Crippen LogP contribution in [0.25, 0.3) is 0 Å². The summed E-state index contributed by atoms with van der Waals surface area (Å²) in [5.41, 5.74) is 2.69. The molecule has 0 amide bonds. The summed E-state index contributed by atoms with van der Waals surface area (Å²) in [7, 11) is 0.958. The second-order valence-corrected chi connectivity index (χ2v) is 2.79. The van der Waals surface area contributed by atoms with Gasteiger partial charge in [0, 0.05) is 0 Å². The number of carboxylic acids is 1. The van der Waals surface area contributed by atoms with E-state index in [4.69, 9.17) is 10.8 Å². The summed E-state index contributed by atoms with van der Waals surface area (Å²) in [6.07, 6.45) is -4.70. The molecule has 0 saturated heterocycles. The minimum atomic E-state index is -4.70. The maximum atomic E-state index is 12.4. The van der Waals surface area contributed by atoms with E-state index in [9.17, 15) is 18.0 Å². The highest BCUT2D eigenvalue weighted by atomic mass is 35.5. The molecule has 96 valence electrons. The van der Waals surface area contributed by atoms with Crippen molar-refractivity contribution in [2.75, 3.05) is 12.8 Å². The van der Waals surface area contributed by atoms with E-state index in [1.807, 2.05) is 0 Å². The molecule has 0 fully saturated rings. The maximum Gasteiger partial charge on any atom is 0.421 e. The second-order valence-electron chi connectivity index (χ2n) is 2.79. The van der Waals surface area contributed by atoms with Crippen molar-refractivity contribution in [1.29, 1.82) is 0 Å². The fourth-order valence-electron chi connectivity index (χ4n) is 1.04. The number of methoxy groups -OCH3 is 1. The van der Waals surface area contributed by atoms with Gasteiger partial charge in [-0.1, -0.05) is 0 Å². The maximum absolute atomic E-state index is 12.4. The van der Waals surface area contributed by atoms with Gasteiger partial charge < -0.3 is 15.6 Å². The number of ether oxygens (including phenoxy) is 1. The highest BCUT2D eigenvalue weighted by Gasteiger charge is 2.36. The van der Waals surface area contributed by atoms with Crippen LogP contribution >= 0.6 is 12.4 Å². The molecule has 0 bridgehead atoms. The lowest BCUT2D eigenvalue weighted by Crippen LogP contribution is -2.14. The number of carboxylic acid groups (broad SMARTS) is 1. The Balaban J connectivity index is 0.00000256. The molecule has 0 saturated carbocycles. The van der Waals surface area contributed by atoms with Crippen LogP contribution in [-0.4, -0.2) is 23.2 Å². The lowest BCUT2D eigenvalue weighted by Gasteiger charge is -2.12. The van der Waals surface area contributed by atoms with Gasteiger partial charge in [-0.05, 0) is 6.07 Å². The molecule has 0 aliphatic heterocycles. The number of nitrogens with zero attached hydrogens (tertiary/aromatic N) is 1. The Morgan fingerprint density at radius 3 is 2.41 bits per heavy atom. The van der Waals surface area contributed by atoms with Crippen LogP contribution in [-0.2, 0) is 6.18 Å². The predicted molar refractivity (Wildman–Crippen MR) is 54.4 cm³/mol. The van der Waals surface area contributed by atoms with Crippen molar-refractivity contribution >= 4 is 24.1 Å². The summed E-state index contributed by atoms with van der Waals surface area (Å²) in [6, 6.07) is 0.481. The summed E-state index contributed by atoms with van der Waals surface area (Å²) in [4.78, 5) is 13.8. The topological polar surface area (TPSA) is 85.4 Å². The highest BCUT2D eigenvalue weighted by molar-refractivity contribution is 5.91. The molecule has 0 radical (unpaired) electrons. The minimum absolute atomic E-state index is 0. The van der Waals surface area contributed by atoms with Crippen LogP contribution < -0.4 is 10.5 Å². The summed E-state index contributed by atoms with van der Waals surface area (Å²) in [5, 5.41) is 8.60. The summed E-state index contributed by atoms with van der Waals surface area (Å²) in [6.45, 7) is 0. The van der Waals surface area contributed by atoms with Crippen LogP contribution in [0.3, 0.4) is 0 Å². The van der Waals surface area contributed by atoms with Gasteiger partial charge in [-0.25, -0.2) is 9.78 Å². The first-order valence-corrected chi connectivity index (χ1v) is 3.92. The van der Waals surface area contributed by atoms with Gasteiger partial charge in [0.25, 0.3) is 0 Å². The number of aromatic nitrogens is 1. The number of pyridine rings is 1. The fraction of sp³-hybridized carbons (Fsp3) is 0.250. The van der Waals surface area contributed by atoms with Gasteiger partial charge in [0.2, 0.25) is 5.88 Å². The molecule has 1 aromatic heterocycles. The first-order valence-electron chi connectivity index (χ1n) is 3.92. The molecule has 9 heteroatoms. The molecule has 1 aromatic rings. The van der Waals surface area contributed by atoms with E-state index in [1.54, 1.807) is 0 Å². The number of alkyl halides is 3. The van der Waals surface area contributed by atoms with Crippen LogP contribution in [0.2, 0.25) is 0 Å². The monoisotopic (exact) mass is 272 g/mol. The Kier molecular flexibility index (Phi) is 4.58. The molecule has 1 rings (SSSR count). The molecule has 0 aliphatic rings. The molecular formula is C8H8ClF3N2O3. The molecule has 0 aromatic carbocycles. The third-order valence-electron chi connectivity index (χ3n) is 1.72. The fourth-order valence-corrected chi connectivity index (χ4v) is 1.04. The van der Waals surface area contributed by atoms with E-state index >= 15 is 0 Å². The Labute approximate surface area is 99.8 Å². The van der Waals surface area contributed by atoms with Crippen LogP contribution in [0.1, 0.15) is 16.1 Å². The normalized spacial score (nSPS) is 10.6. The van der Waals surface area contributed by atoms with Crippen molar-refractivity contribution in [2.45, 2.75) is 6.18 Å². The largest absolute Gasteiger partial charge is 0.481 e.